The summed E-state index contributed by atoms with van der Waals surface area (Å²) in [7, 11) is -1.87. The first-order valence-corrected chi connectivity index (χ1v) is 11.2. The average molecular weight is 421 g/mol. The summed E-state index contributed by atoms with van der Waals surface area (Å²) in [5, 5.41) is 0.643. The van der Waals surface area contributed by atoms with E-state index in [4.69, 9.17) is 11.6 Å². The summed E-state index contributed by atoms with van der Waals surface area (Å²) in [6.45, 7) is 3.31. The van der Waals surface area contributed by atoms with Crippen molar-refractivity contribution in [3.63, 3.8) is 0 Å². The molecule has 0 radical (unpaired) electrons. The standard InChI is InChI=1S/C21H25ClN2O3S/c1-16-6-11-19(28(26,27)24-12-4-3-5-13-24)14-20(16)21(25)23(2)15-17-7-9-18(22)10-8-17/h6-11,14H,3-5,12-13,15H2,1-2H3. The molecule has 1 amide bonds. The lowest BCUT2D eigenvalue weighted by atomic mass is 10.1. The second-order valence-electron chi connectivity index (χ2n) is 7.23. The Morgan fingerprint density at radius 1 is 1.07 bits per heavy atom. The molecular formula is C21H25ClN2O3S. The summed E-state index contributed by atoms with van der Waals surface area (Å²) in [6.07, 6.45) is 2.81. The summed E-state index contributed by atoms with van der Waals surface area (Å²) >= 11 is 5.91. The van der Waals surface area contributed by atoms with Gasteiger partial charge in [0.15, 0.2) is 0 Å². The average Bonchev–Trinajstić information content (AvgIpc) is 2.70. The van der Waals surface area contributed by atoms with Crippen molar-refractivity contribution < 1.29 is 13.2 Å². The van der Waals surface area contributed by atoms with Crippen molar-refractivity contribution in [1.29, 1.82) is 0 Å². The van der Waals surface area contributed by atoms with Crippen molar-refractivity contribution in [2.24, 2.45) is 0 Å². The first-order valence-electron chi connectivity index (χ1n) is 9.40. The van der Waals surface area contributed by atoms with Gasteiger partial charge in [0.05, 0.1) is 4.90 Å². The van der Waals surface area contributed by atoms with Crippen molar-refractivity contribution >= 4 is 27.5 Å². The Bertz CT molecular complexity index is 952. The van der Waals surface area contributed by atoms with Gasteiger partial charge in [-0.2, -0.15) is 4.31 Å². The molecule has 7 heteroatoms. The van der Waals surface area contributed by atoms with Crippen LogP contribution in [0, 0.1) is 6.92 Å². The third-order valence-electron chi connectivity index (χ3n) is 5.07. The number of carbonyl (C=O) groups is 1. The van der Waals surface area contributed by atoms with Crippen LogP contribution in [0.1, 0.15) is 40.7 Å². The largest absolute Gasteiger partial charge is 0.337 e. The molecule has 3 rings (SSSR count). The van der Waals surface area contributed by atoms with E-state index in [1.54, 1.807) is 36.2 Å². The molecule has 0 bridgehead atoms. The van der Waals surface area contributed by atoms with Gasteiger partial charge in [-0.3, -0.25) is 4.79 Å². The number of benzene rings is 2. The maximum Gasteiger partial charge on any atom is 0.254 e. The van der Waals surface area contributed by atoms with E-state index in [9.17, 15) is 13.2 Å². The molecule has 1 saturated heterocycles. The summed E-state index contributed by atoms with van der Waals surface area (Å²) in [6, 6.07) is 12.1. The van der Waals surface area contributed by atoms with Crippen LogP contribution in [0.5, 0.6) is 0 Å². The van der Waals surface area contributed by atoms with Crippen molar-refractivity contribution in [2.75, 3.05) is 20.1 Å². The van der Waals surface area contributed by atoms with Gasteiger partial charge in [-0.05, 0) is 55.2 Å². The number of nitrogens with zero attached hydrogens (tertiary/aromatic N) is 2. The molecule has 0 aliphatic carbocycles. The van der Waals surface area contributed by atoms with E-state index in [1.807, 2.05) is 19.1 Å². The predicted octanol–water partition coefficient (Wildman–Crippen LogP) is 4.10. The van der Waals surface area contributed by atoms with Crippen LogP contribution < -0.4 is 0 Å². The minimum atomic E-state index is -3.58. The lowest BCUT2D eigenvalue weighted by Gasteiger charge is -2.26. The lowest BCUT2D eigenvalue weighted by molar-refractivity contribution is 0.0784. The van der Waals surface area contributed by atoms with Gasteiger partial charge in [0, 0.05) is 37.3 Å². The molecule has 28 heavy (non-hydrogen) atoms. The number of sulfonamides is 1. The van der Waals surface area contributed by atoms with E-state index < -0.39 is 10.0 Å². The molecule has 2 aromatic carbocycles. The Morgan fingerprint density at radius 2 is 1.71 bits per heavy atom. The van der Waals surface area contributed by atoms with Crippen LogP contribution in [-0.4, -0.2) is 43.7 Å². The van der Waals surface area contributed by atoms with E-state index in [-0.39, 0.29) is 10.8 Å². The predicted molar refractivity (Wildman–Crippen MR) is 111 cm³/mol. The van der Waals surface area contributed by atoms with Crippen LogP contribution in [-0.2, 0) is 16.6 Å². The van der Waals surface area contributed by atoms with E-state index in [2.05, 4.69) is 0 Å². The molecule has 1 aliphatic rings. The van der Waals surface area contributed by atoms with Crippen LogP contribution in [0.4, 0.5) is 0 Å². The third-order valence-corrected chi connectivity index (χ3v) is 7.22. The summed E-state index contributed by atoms with van der Waals surface area (Å²) in [4.78, 5) is 14.8. The maximum absolute atomic E-state index is 13.0. The Labute approximate surface area is 172 Å². The summed E-state index contributed by atoms with van der Waals surface area (Å²) in [5.74, 6) is -0.205. The zero-order chi connectivity index (χ0) is 20.3. The van der Waals surface area contributed by atoms with Crippen LogP contribution >= 0.6 is 11.6 Å². The van der Waals surface area contributed by atoms with Gasteiger partial charge < -0.3 is 4.90 Å². The smallest absolute Gasteiger partial charge is 0.254 e. The fourth-order valence-electron chi connectivity index (χ4n) is 3.39. The molecule has 0 atom stereocenters. The second kappa shape index (κ2) is 8.64. The number of piperidine rings is 1. The van der Waals surface area contributed by atoms with Crippen LogP contribution in [0.3, 0.4) is 0 Å². The second-order valence-corrected chi connectivity index (χ2v) is 9.60. The molecule has 1 heterocycles. The number of hydrogen-bond acceptors (Lipinski definition) is 3. The number of aryl methyl sites for hydroxylation is 1. The highest BCUT2D eigenvalue weighted by Crippen LogP contribution is 2.24. The third kappa shape index (κ3) is 4.57. The normalized spacial score (nSPS) is 15.4. The van der Waals surface area contributed by atoms with Crippen molar-refractivity contribution in [2.45, 2.75) is 37.6 Å². The molecule has 1 fully saturated rings. The number of halogens is 1. The Kier molecular flexibility index (Phi) is 6.43. The van der Waals surface area contributed by atoms with E-state index in [0.717, 1.165) is 30.4 Å². The highest BCUT2D eigenvalue weighted by molar-refractivity contribution is 7.89. The molecule has 0 spiro atoms. The monoisotopic (exact) mass is 420 g/mol. The fraction of sp³-hybridized carbons (Fsp3) is 0.381. The van der Waals surface area contributed by atoms with Gasteiger partial charge in [-0.25, -0.2) is 8.42 Å². The molecule has 0 saturated carbocycles. The number of rotatable bonds is 5. The molecule has 0 unspecified atom stereocenters. The van der Waals surface area contributed by atoms with Gasteiger partial charge in [0.25, 0.3) is 5.91 Å². The van der Waals surface area contributed by atoms with Gasteiger partial charge in [0.2, 0.25) is 10.0 Å². The Hall–Kier alpha value is -1.89. The number of hydrogen-bond donors (Lipinski definition) is 0. The molecular weight excluding hydrogens is 396 g/mol. The molecule has 1 aliphatic heterocycles. The Balaban J connectivity index is 1.84. The molecule has 0 N–H and O–H groups in total. The minimum Gasteiger partial charge on any atom is -0.337 e. The van der Waals surface area contributed by atoms with E-state index >= 15 is 0 Å². The highest BCUT2D eigenvalue weighted by atomic mass is 35.5. The number of amides is 1. The zero-order valence-electron chi connectivity index (χ0n) is 16.2. The van der Waals surface area contributed by atoms with Gasteiger partial charge in [-0.15, -0.1) is 0 Å². The van der Waals surface area contributed by atoms with E-state index in [1.165, 1.54) is 10.4 Å². The van der Waals surface area contributed by atoms with E-state index in [0.29, 0.717) is 30.2 Å². The van der Waals surface area contributed by atoms with Crippen molar-refractivity contribution in [1.82, 2.24) is 9.21 Å². The quantitative estimate of drug-likeness (QED) is 0.731. The minimum absolute atomic E-state index is 0.184. The molecule has 0 aromatic heterocycles. The van der Waals surface area contributed by atoms with Crippen LogP contribution in [0.25, 0.3) is 0 Å². The van der Waals surface area contributed by atoms with Crippen LogP contribution in [0.2, 0.25) is 5.02 Å². The highest BCUT2D eigenvalue weighted by Gasteiger charge is 2.27. The first kappa shape index (κ1) is 20.8. The lowest BCUT2D eigenvalue weighted by Crippen LogP contribution is -2.35. The van der Waals surface area contributed by atoms with Crippen molar-refractivity contribution in [3.8, 4) is 0 Å². The topological polar surface area (TPSA) is 57.7 Å². The summed E-state index contributed by atoms with van der Waals surface area (Å²) < 4.78 is 27.4. The van der Waals surface area contributed by atoms with Gasteiger partial charge >= 0.3 is 0 Å². The van der Waals surface area contributed by atoms with Crippen LogP contribution in [0.15, 0.2) is 47.4 Å². The van der Waals surface area contributed by atoms with Gasteiger partial charge in [-0.1, -0.05) is 36.2 Å². The molecule has 2 aromatic rings. The maximum atomic E-state index is 13.0. The Morgan fingerprint density at radius 3 is 2.36 bits per heavy atom. The molecule has 150 valence electrons. The fourth-order valence-corrected chi connectivity index (χ4v) is 5.06. The molecule has 5 nitrogen and oxygen atoms in total. The van der Waals surface area contributed by atoms with Crippen molar-refractivity contribution in [3.05, 3.63) is 64.2 Å². The van der Waals surface area contributed by atoms with Gasteiger partial charge in [0.1, 0.15) is 0 Å². The SMILES string of the molecule is Cc1ccc(S(=O)(=O)N2CCCCC2)cc1C(=O)N(C)Cc1ccc(Cl)cc1. The zero-order valence-corrected chi connectivity index (χ0v) is 17.8. The summed E-state index contributed by atoms with van der Waals surface area (Å²) in [5.41, 5.74) is 2.12. The first-order chi connectivity index (χ1) is 13.3. The number of carbonyl (C=O) groups excluding carboxylic acids is 1.